The molecule has 1 aromatic carbocycles. The molecule has 1 aliphatic heterocycles. The maximum Gasteiger partial charge on any atom is 0.231 e. The number of benzene rings is 1. The van der Waals surface area contributed by atoms with Crippen molar-refractivity contribution < 1.29 is 9.90 Å². The van der Waals surface area contributed by atoms with E-state index in [4.69, 9.17) is 11.6 Å². The molecule has 1 aromatic heterocycles. The molecule has 0 spiro atoms. The molecule has 0 unspecified atom stereocenters. The number of piperazine rings is 1. The number of nitrogens with zero attached hydrogens (tertiary/aromatic N) is 4. The molecule has 3 aliphatic rings. The van der Waals surface area contributed by atoms with Crippen molar-refractivity contribution in [2.75, 3.05) is 37.6 Å². The van der Waals surface area contributed by atoms with Crippen LogP contribution in [0.4, 0.5) is 5.82 Å². The number of aromatic nitrogens is 2. The van der Waals surface area contributed by atoms with Crippen LogP contribution in [0, 0.1) is 0 Å². The number of anilines is 1. The van der Waals surface area contributed by atoms with E-state index < -0.39 is 6.10 Å². The van der Waals surface area contributed by atoms with E-state index in [1.807, 2.05) is 29.2 Å². The van der Waals surface area contributed by atoms with Gasteiger partial charge < -0.3 is 20.2 Å². The van der Waals surface area contributed by atoms with E-state index in [1.165, 1.54) is 32.1 Å². The number of carbonyl (C=O) groups excluding carboxylic acids is 1. The summed E-state index contributed by atoms with van der Waals surface area (Å²) in [7, 11) is 0. The molecule has 3 atom stereocenters. The molecule has 2 heterocycles. The minimum Gasteiger partial charge on any atom is -0.387 e. The molecule has 0 radical (unpaired) electrons. The second-order valence-electron chi connectivity index (χ2n) is 10.3. The van der Waals surface area contributed by atoms with Crippen LogP contribution in [-0.4, -0.2) is 64.6 Å². The van der Waals surface area contributed by atoms with Crippen LogP contribution in [0.2, 0.25) is 5.02 Å². The van der Waals surface area contributed by atoms with Gasteiger partial charge in [0, 0.05) is 49.4 Å². The lowest BCUT2D eigenvalue weighted by atomic mass is 9.93. The average molecular weight is 498 g/mol. The van der Waals surface area contributed by atoms with Crippen LogP contribution in [0.1, 0.15) is 80.2 Å². The van der Waals surface area contributed by atoms with Crippen LogP contribution in [-0.2, 0) is 4.79 Å². The Bertz CT molecular complexity index is 1020. The Morgan fingerprint density at radius 3 is 2.54 bits per heavy atom. The summed E-state index contributed by atoms with van der Waals surface area (Å²) in [6, 6.07) is 8.23. The van der Waals surface area contributed by atoms with Crippen LogP contribution in [0.3, 0.4) is 0 Å². The second kappa shape index (κ2) is 10.8. The summed E-state index contributed by atoms with van der Waals surface area (Å²) in [4.78, 5) is 26.9. The summed E-state index contributed by atoms with van der Waals surface area (Å²) < 4.78 is 0. The van der Waals surface area contributed by atoms with Crippen molar-refractivity contribution >= 4 is 23.3 Å². The molecule has 2 aliphatic carbocycles. The first kappa shape index (κ1) is 24.5. The highest BCUT2D eigenvalue weighted by Crippen LogP contribution is 2.42. The van der Waals surface area contributed by atoms with Crippen molar-refractivity contribution in [3.8, 4) is 0 Å². The minimum absolute atomic E-state index is 0.173. The third-order valence-electron chi connectivity index (χ3n) is 7.96. The highest BCUT2D eigenvalue weighted by molar-refractivity contribution is 6.30. The van der Waals surface area contributed by atoms with E-state index in [2.05, 4.69) is 27.1 Å². The lowest BCUT2D eigenvalue weighted by Crippen LogP contribution is -2.51. The third kappa shape index (κ3) is 5.32. The minimum atomic E-state index is -0.513. The first-order chi connectivity index (χ1) is 17.0. The molecule has 2 fully saturated rings. The first-order valence-corrected chi connectivity index (χ1v) is 13.4. The van der Waals surface area contributed by atoms with Crippen molar-refractivity contribution in [2.24, 2.45) is 0 Å². The topological polar surface area (TPSA) is 81.6 Å². The van der Waals surface area contributed by atoms with Gasteiger partial charge in [-0.15, -0.1) is 0 Å². The van der Waals surface area contributed by atoms with E-state index in [1.54, 1.807) is 6.33 Å². The number of aliphatic hydroxyl groups is 1. The smallest absolute Gasteiger partial charge is 0.231 e. The third-order valence-corrected chi connectivity index (χ3v) is 8.21. The van der Waals surface area contributed by atoms with Gasteiger partial charge in [-0.2, -0.15) is 0 Å². The molecule has 35 heavy (non-hydrogen) atoms. The Labute approximate surface area is 212 Å². The average Bonchev–Trinajstić information content (AvgIpc) is 3.19. The molecule has 188 valence electrons. The molecule has 1 saturated carbocycles. The number of hydrogen-bond acceptors (Lipinski definition) is 6. The van der Waals surface area contributed by atoms with Gasteiger partial charge in [-0.05, 0) is 42.9 Å². The largest absolute Gasteiger partial charge is 0.387 e. The van der Waals surface area contributed by atoms with Crippen molar-refractivity contribution in [1.29, 1.82) is 0 Å². The molecule has 1 saturated heterocycles. The maximum absolute atomic E-state index is 13.8. The fourth-order valence-electron chi connectivity index (χ4n) is 5.95. The van der Waals surface area contributed by atoms with Crippen molar-refractivity contribution in [3.63, 3.8) is 0 Å². The number of amides is 1. The molecule has 8 heteroatoms. The fourth-order valence-corrected chi connectivity index (χ4v) is 6.07. The lowest BCUT2D eigenvalue weighted by molar-refractivity contribution is -0.133. The molecule has 7 nitrogen and oxygen atoms in total. The molecule has 2 N–H and O–H groups in total. The molecular formula is C27H36ClN5O2. The predicted molar refractivity (Wildman–Crippen MR) is 138 cm³/mol. The Kier molecular flexibility index (Phi) is 7.56. The second-order valence-corrected chi connectivity index (χ2v) is 10.7. The van der Waals surface area contributed by atoms with Gasteiger partial charge in [0.15, 0.2) is 0 Å². The number of hydrogen-bond donors (Lipinski definition) is 2. The van der Waals surface area contributed by atoms with E-state index in [-0.39, 0.29) is 17.7 Å². The SMILES string of the molecule is C[C@@H]1C[C@H](O)c2ncnc(N3CCN(C(=O)[C@H](CNC4CCCCC4)c4ccc(Cl)cc4)CC3)c21. The first-order valence-electron chi connectivity index (χ1n) is 13.1. The summed E-state index contributed by atoms with van der Waals surface area (Å²) in [5, 5.41) is 14.7. The predicted octanol–water partition coefficient (Wildman–Crippen LogP) is 4.03. The van der Waals surface area contributed by atoms with Crippen LogP contribution >= 0.6 is 11.6 Å². The van der Waals surface area contributed by atoms with E-state index >= 15 is 0 Å². The quantitative estimate of drug-likeness (QED) is 0.627. The standard InChI is InChI=1S/C27H36ClN5O2/c1-18-15-23(34)25-24(18)26(31-17-30-25)32-11-13-33(14-12-32)27(35)22(19-7-9-20(28)10-8-19)16-29-21-5-3-2-4-6-21/h7-10,17-18,21-23,29,34H,2-6,11-16H2,1H3/t18-,22-,23+/m1/s1. The summed E-state index contributed by atoms with van der Waals surface area (Å²) in [5.41, 5.74) is 2.84. The van der Waals surface area contributed by atoms with Gasteiger partial charge in [0.05, 0.1) is 17.7 Å². The van der Waals surface area contributed by atoms with Gasteiger partial charge in [0.1, 0.15) is 12.1 Å². The number of rotatable bonds is 6. The zero-order valence-corrected chi connectivity index (χ0v) is 21.3. The summed E-state index contributed by atoms with van der Waals surface area (Å²) in [6.07, 6.45) is 7.96. The number of aliphatic hydroxyl groups excluding tert-OH is 1. The number of carbonyl (C=O) groups is 1. The van der Waals surface area contributed by atoms with E-state index in [9.17, 15) is 9.90 Å². The Morgan fingerprint density at radius 2 is 1.83 bits per heavy atom. The maximum atomic E-state index is 13.8. The molecule has 2 aromatic rings. The monoisotopic (exact) mass is 497 g/mol. The van der Waals surface area contributed by atoms with Gasteiger partial charge in [-0.25, -0.2) is 9.97 Å². The molecule has 0 bridgehead atoms. The van der Waals surface area contributed by atoms with Gasteiger partial charge in [-0.3, -0.25) is 4.79 Å². The summed E-state index contributed by atoms with van der Waals surface area (Å²) >= 11 is 6.13. The van der Waals surface area contributed by atoms with Gasteiger partial charge in [0.25, 0.3) is 0 Å². The van der Waals surface area contributed by atoms with Crippen molar-refractivity contribution in [2.45, 2.75) is 69.4 Å². The Hall–Kier alpha value is -2.22. The molecule has 5 rings (SSSR count). The van der Waals surface area contributed by atoms with Gasteiger partial charge in [0.2, 0.25) is 5.91 Å². The van der Waals surface area contributed by atoms with Gasteiger partial charge >= 0.3 is 0 Å². The number of halogens is 1. The zero-order chi connectivity index (χ0) is 24.4. The van der Waals surface area contributed by atoms with Gasteiger partial charge in [-0.1, -0.05) is 49.9 Å². The van der Waals surface area contributed by atoms with Crippen LogP contribution in [0.5, 0.6) is 0 Å². The summed E-state index contributed by atoms with van der Waals surface area (Å²) in [6.45, 7) is 5.53. The Morgan fingerprint density at radius 1 is 1.11 bits per heavy atom. The highest BCUT2D eigenvalue weighted by Gasteiger charge is 2.35. The van der Waals surface area contributed by atoms with Crippen molar-refractivity contribution in [1.82, 2.24) is 20.2 Å². The van der Waals surface area contributed by atoms with Crippen LogP contribution in [0.15, 0.2) is 30.6 Å². The molecular weight excluding hydrogens is 462 g/mol. The molecule has 1 amide bonds. The van der Waals surface area contributed by atoms with E-state index in [0.29, 0.717) is 37.1 Å². The highest BCUT2D eigenvalue weighted by atomic mass is 35.5. The van der Waals surface area contributed by atoms with Crippen LogP contribution < -0.4 is 10.2 Å². The van der Waals surface area contributed by atoms with E-state index in [0.717, 1.165) is 35.7 Å². The van der Waals surface area contributed by atoms with Crippen LogP contribution in [0.25, 0.3) is 0 Å². The van der Waals surface area contributed by atoms with Crippen molar-refractivity contribution in [3.05, 3.63) is 52.4 Å². The zero-order valence-electron chi connectivity index (χ0n) is 20.5. The fraction of sp³-hybridized carbons (Fsp3) is 0.593. The lowest BCUT2D eigenvalue weighted by Gasteiger charge is -2.38. The Balaban J connectivity index is 1.27. The number of fused-ring (bicyclic) bond motifs is 1. The normalized spacial score (nSPS) is 23.9. The number of nitrogens with one attached hydrogen (secondary N) is 1. The summed E-state index contributed by atoms with van der Waals surface area (Å²) in [5.74, 6) is 1.10.